The summed E-state index contributed by atoms with van der Waals surface area (Å²) in [5, 5.41) is 0. The van der Waals surface area contributed by atoms with Crippen LogP contribution in [0.15, 0.2) is 54.6 Å². The van der Waals surface area contributed by atoms with Crippen LogP contribution in [0.3, 0.4) is 0 Å². The Balaban J connectivity index is 2.22. The van der Waals surface area contributed by atoms with Crippen molar-refractivity contribution in [3.63, 3.8) is 0 Å². The first-order valence-electron chi connectivity index (χ1n) is 7.19. The van der Waals surface area contributed by atoms with Crippen LogP contribution < -0.4 is 0 Å². The van der Waals surface area contributed by atoms with Gasteiger partial charge in [-0.05, 0) is 30.2 Å². The number of rotatable bonds is 6. The predicted octanol–water partition coefficient (Wildman–Crippen LogP) is 3.56. The van der Waals surface area contributed by atoms with Crippen LogP contribution in [-0.2, 0) is 16.1 Å². The minimum atomic E-state index is -0.283. The van der Waals surface area contributed by atoms with E-state index in [1.54, 1.807) is 17.0 Å². The molecule has 3 nitrogen and oxygen atoms in total. The van der Waals surface area contributed by atoms with Gasteiger partial charge in [0.1, 0.15) is 12.4 Å². The Morgan fingerprint density at radius 2 is 1.77 bits per heavy atom. The van der Waals surface area contributed by atoms with Gasteiger partial charge in [0.25, 0.3) is 0 Å². The lowest BCUT2D eigenvalue weighted by Gasteiger charge is -2.29. The van der Waals surface area contributed by atoms with E-state index < -0.39 is 0 Å². The summed E-state index contributed by atoms with van der Waals surface area (Å²) in [6, 6.07) is 15.9. The van der Waals surface area contributed by atoms with Gasteiger partial charge in [0.15, 0.2) is 0 Å². The molecule has 0 saturated heterocycles. The number of benzene rings is 2. The third kappa shape index (κ3) is 4.15. The SMILES string of the molecule is COCC(=O)N(Cc1ccc(F)cc1)C(C)c1ccccc1. The molecule has 2 aromatic carbocycles. The van der Waals surface area contributed by atoms with E-state index in [1.807, 2.05) is 37.3 Å². The van der Waals surface area contributed by atoms with Crippen molar-refractivity contribution in [3.05, 3.63) is 71.5 Å². The van der Waals surface area contributed by atoms with Crippen molar-refractivity contribution in [2.75, 3.05) is 13.7 Å². The quantitative estimate of drug-likeness (QED) is 0.816. The predicted molar refractivity (Wildman–Crippen MR) is 83.7 cm³/mol. The molecule has 0 spiro atoms. The molecular formula is C18H20FNO2. The number of nitrogens with zero attached hydrogens (tertiary/aromatic N) is 1. The van der Waals surface area contributed by atoms with Crippen molar-refractivity contribution < 1.29 is 13.9 Å². The minimum Gasteiger partial charge on any atom is -0.375 e. The number of hydrogen-bond acceptors (Lipinski definition) is 2. The van der Waals surface area contributed by atoms with Gasteiger partial charge in [-0.1, -0.05) is 42.5 Å². The zero-order chi connectivity index (χ0) is 15.9. The molecule has 116 valence electrons. The fourth-order valence-corrected chi connectivity index (χ4v) is 2.35. The Labute approximate surface area is 130 Å². The Morgan fingerprint density at radius 1 is 1.14 bits per heavy atom. The third-order valence-corrected chi connectivity index (χ3v) is 3.60. The number of carbonyl (C=O) groups excluding carboxylic acids is 1. The number of halogens is 1. The molecule has 0 N–H and O–H groups in total. The molecule has 1 amide bonds. The van der Waals surface area contributed by atoms with Crippen LogP contribution >= 0.6 is 0 Å². The molecule has 0 heterocycles. The number of carbonyl (C=O) groups is 1. The molecule has 0 fully saturated rings. The van der Waals surface area contributed by atoms with E-state index in [1.165, 1.54) is 19.2 Å². The maximum atomic E-state index is 13.0. The van der Waals surface area contributed by atoms with E-state index in [0.29, 0.717) is 6.54 Å². The highest BCUT2D eigenvalue weighted by Gasteiger charge is 2.21. The molecule has 1 atom stereocenters. The Bertz CT molecular complexity index is 598. The molecule has 22 heavy (non-hydrogen) atoms. The molecule has 0 aromatic heterocycles. The first-order valence-corrected chi connectivity index (χ1v) is 7.19. The second-order valence-corrected chi connectivity index (χ2v) is 5.17. The lowest BCUT2D eigenvalue weighted by molar-refractivity contribution is -0.138. The molecule has 0 aliphatic rings. The molecule has 1 unspecified atom stereocenters. The molecule has 0 aliphatic heterocycles. The number of ether oxygens (including phenoxy) is 1. The maximum absolute atomic E-state index is 13.0. The van der Waals surface area contributed by atoms with Gasteiger partial charge in [-0.2, -0.15) is 0 Å². The van der Waals surface area contributed by atoms with E-state index in [0.717, 1.165) is 11.1 Å². The van der Waals surface area contributed by atoms with Crippen LogP contribution in [0, 0.1) is 5.82 Å². The fraction of sp³-hybridized carbons (Fsp3) is 0.278. The topological polar surface area (TPSA) is 29.5 Å². The summed E-state index contributed by atoms with van der Waals surface area (Å²) in [5.74, 6) is -0.377. The van der Waals surface area contributed by atoms with Crippen LogP contribution in [-0.4, -0.2) is 24.5 Å². The second kappa shape index (κ2) is 7.71. The van der Waals surface area contributed by atoms with E-state index >= 15 is 0 Å². The lowest BCUT2D eigenvalue weighted by atomic mass is 10.1. The standard InChI is InChI=1S/C18H20FNO2/c1-14(16-6-4-3-5-7-16)20(18(21)13-22-2)12-15-8-10-17(19)11-9-15/h3-11,14H,12-13H2,1-2H3. The molecule has 2 rings (SSSR count). The Kier molecular flexibility index (Phi) is 5.67. The first-order chi connectivity index (χ1) is 10.6. The summed E-state index contributed by atoms with van der Waals surface area (Å²) in [6.45, 7) is 2.42. The van der Waals surface area contributed by atoms with Gasteiger partial charge in [0.05, 0.1) is 6.04 Å². The second-order valence-electron chi connectivity index (χ2n) is 5.17. The van der Waals surface area contributed by atoms with Crippen molar-refractivity contribution in [2.24, 2.45) is 0 Å². The molecule has 2 aromatic rings. The van der Waals surface area contributed by atoms with Gasteiger partial charge in [-0.15, -0.1) is 0 Å². The molecule has 0 bridgehead atoms. The molecule has 0 saturated carbocycles. The third-order valence-electron chi connectivity index (χ3n) is 3.60. The monoisotopic (exact) mass is 301 g/mol. The van der Waals surface area contributed by atoms with Gasteiger partial charge >= 0.3 is 0 Å². The summed E-state index contributed by atoms with van der Waals surface area (Å²) in [7, 11) is 1.50. The first kappa shape index (κ1) is 16.2. The summed E-state index contributed by atoms with van der Waals surface area (Å²) in [4.78, 5) is 14.1. The summed E-state index contributed by atoms with van der Waals surface area (Å²) in [5.41, 5.74) is 1.93. The summed E-state index contributed by atoms with van der Waals surface area (Å²) in [6.07, 6.45) is 0. The lowest BCUT2D eigenvalue weighted by Crippen LogP contribution is -2.35. The molecule has 0 aliphatic carbocycles. The number of amides is 1. The average Bonchev–Trinajstić information content (AvgIpc) is 2.54. The average molecular weight is 301 g/mol. The normalized spacial score (nSPS) is 12.0. The smallest absolute Gasteiger partial charge is 0.249 e. The van der Waals surface area contributed by atoms with Crippen molar-refractivity contribution in [1.82, 2.24) is 4.90 Å². The van der Waals surface area contributed by atoms with E-state index in [9.17, 15) is 9.18 Å². The Morgan fingerprint density at radius 3 is 2.36 bits per heavy atom. The van der Waals surface area contributed by atoms with E-state index in [4.69, 9.17) is 4.74 Å². The number of hydrogen-bond donors (Lipinski definition) is 0. The zero-order valence-corrected chi connectivity index (χ0v) is 12.8. The summed E-state index contributed by atoms with van der Waals surface area (Å²) >= 11 is 0. The van der Waals surface area contributed by atoms with Crippen LogP contribution in [0.25, 0.3) is 0 Å². The van der Waals surface area contributed by atoms with E-state index in [-0.39, 0.29) is 24.4 Å². The minimum absolute atomic E-state index is 0.0262. The molecular weight excluding hydrogens is 281 g/mol. The highest BCUT2D eigenvalue weighted by Crippen LogP contribution is 2.22. The summed E-state index contributed by atoms with van der Waals surface area (Å²) < 4.78 is 18.0. The van der Waals surface area contributed by atoms with Crippen molar-refractivity contribution in [1.29, 1.82) is 0 Å². The number of methoxy groups -OCH3 is 1. The van der Waals surface area contributed by atoms with Crippen molar-refractivity contribution >= 4 is 5.91 Å². The highest BCUT2D eigenvalue weighted by atomic mass is 19.1. The Hall–Kier alpha value is -2.20. The van der Waals surface area contributed by atoms with Crippen LogP contribution in [0.2, 0.25) is 0 Å². The van der Waals surface area contributed by atoms with Gasteiger partial charge in [0, 0.05) is 13.7 Å². The zero-order valence-electron chi connectivity index (χ0n) is 12.8. The van der Waals surface area contributed by atoms with Gasteiger partial charge in [0.2, 0.25) is 5.91 Å². The highest BCUT2D eigenvalue weighted by molar-refractivity contribution is 5.78. The van der Waals surface area contributed by atoms with Crippen LogP contribution in [0.1, 0.15) is 24.1 Å². The molecule has 0 radical (unpaired) electrons. The molecule has 4 heteroatoms. The van der Waals surface area contributed by atoms with E-state index in [2.05, 4.69) is 0 Å². The maximum Gasteiger partial charge on any atom is 0.249 e. The largest absolute Gasteiger partial charge is 0.375 e. The van der Waals surface area contributed by atoms with Gasteiger partial charge in [-0.3, -0.25) is 4.79 Å². The van der Waals surface area contributed by atoms with Crippen LogP contribution in [0.5, 0.6) is 0 Å². The van der Waals surface area contributed by atoms with Gasteiger partial charge in [-0.25, -0.2) is 4.39 Å². The fourth-order valence-electron chi connectivity index (χ4n) is 2.35. The van der Waals surface area contributed by atoms with Gasteiger partial charge < -0.3 is 9.64 Å². The van der Waals surface area contributed by atoms with Crippen molar-refractivity contribution in [2.45, 2.75) is 19.5 Å². The van der Waals surface area contributed by atoms with Crippen molar-refractivity contribution in [3.8, 4) is 0 Å². The van der Waals surface area contributed by atoms with Crippen LogP contribution in [0.4, 0.5) is 4.39 Å².